The number of nitrogens with one attached hydrogen (secondary N) is 1. The molecule has 0 atom stereocenters. The molecular formula is C7H9BrINO2S2. The van der Waals surface area contributed by atoms with Crippen LogP contribution in [0.25, 0.3) is 0 Å². The van der Waals surface area contributed by atoms with Crippen molar-refractivity contribution in [1.82, 2.24) is 4.72 Å². The average molecular weight is 410 g/mol. The van der Waals surface area contributed by atoms with E-state index in [2.05, 4.69) is 43.2 Å². The lowest BCUT2D eigenvalue weighted by Gasteiger charge is -2.03. The summed E-state index contributed by atoms with van der Waals surface area (Å²) in [5, 5.41) is 1.75. The predicted octanol–water partition coefficient (Wildman–Crippen LogP) is 2.61. The fraction of sp³-hybridized carbons (Fsp3) is 0.429. The Morgan fingerprint density at radius 1 is 1.57 bits per heavy atom. The average Bonchev–Trinajstić information content (AvgIpc) is 2.52. The van der Waals surface area contributed by atoms with E-state index in [1.54, 1.807) is 11.4 Å². The van der Waals surface area contributed by atoms with E-state index in [1.165, 1.54) is 11.3 Å². The fourth-order valence-electron chi connectivity index (χ4n) is 0.810. The van der Waals surface area contributed by atoms with Crippen molar-refractivity contribution in [3.8, 4) is 0 Å². The summed E-state index contributed by atoms with van der Waals surface area (Å²) in [7, 11) is -3.30. The molecule has 0 aliphatic rings. The van der Waals surface area contributed by atoms with Crippen molar-refractivity contribution in [3.05, 3.63) is 15.9 Å². The van der Waals surface area contributed by atoms with Gasteiger partial charge in [-0.2, -0.15) is 0 Å². The molecule has 0 radical (unpaired) electrons. The molecule has 7 heteroatoms. The highest BCUT2D eigenvalue weighted by molar-refractivity contribution is 14.1. The maximum Gasteiger partial charge on any atom is 0.251 e. The van der Waals surface area contributed by atoms with E-state index >= 15 is 0 Å². The minimum atomic E-state index is -3.30. The highest BCUT2D eigenvalue weighted by atomic mass is 127. The third-order valence-corrected chi connectivity index (χ3v) is 6.32. The molecule has 0 bridgehead atoms. The number of alkyl halides is 1. The van der Waals surface area contributed by atoms with Gasteiger partial charge in [-0.3, -0.25) is 0 Å². The van der Waals surface area contributed by atoms with E-state index in [0.717, 1.165) is 10.8 Å². The fourth-order valence-corrected chi connectivity index (χ4v) is 4.65. The molecule has 0 unspecified atom stereocenters. The molecule has 0 aliphatic carbocycles. The summed E-state index contributed by atoms with van der Waals surface area (Å²) in [6, 6.07) is 1.73. The third-order valence-electron chi connectivity index (χ3n) is 1.43. The van der Waals surface area contributed by atoms with E-state index in [-0.39, 0.29) is 0 Å². The lowest BCUT2D eigenvalue weighted by atomic mass is 10.5. The van der Waals surface area contributed by atoms with E-state index < -0.39 is 10.0 Å². The van der Waals surface area contributed by atoms with E-state index in [0.29, 0.717) is 15.2 Å². The van der Waals surface area contributed by atoms with Gasteiger partial charge in [-0.15, -0.1) is 11.3 Å². The van der Waals surface area contributed by atoms with Gasteiger partial charge in [-0.05, 0) is 33.8 Å². The summed E-state index contributed by atoms with van der Waals surface area (Å²) in [4.78, 5) is 0. The summed E-state index contributed by atoms with van der Waals surface area (Å²) in [5.74, 6) is 0. The molecule has 0 aromatic carbocycles. The molecule has 0 saturated carbocycles. The molecule has 1 aromatic heterocycles. The summed E-state index contributed by atoms with van der Waals surface area (Å²) in [6.45, 7) is 0.496. The van der Waals surface area contributed by atoms with Crippen molar-refractivity contribution < 1.29 is 8.42 Å². The molecule has 3 nitrogen and oxygen atoms in total. The van der Waals surface area contributed by atoms with Crippen molar-refractivity contribution in [3.63, 3.8) is 0 Å². The topological polar surface area (TPSA) is 46.2 Å². The third kappa shape index (κ3) is 3.44. The largest absolute Gasteiger partial charge is 0.251 e. The zero-order chi connectivity index (χ0) is 10.6. The number of sulfonamides is 1. The smallest absolute Gasteiger partial charge is 0.210 e. The van der Waals surface area contributed by atoms with Gasteiger partial charge in [-0.1, -0.05) is 22.6 Å². The number of hydrogen-bond donors (Lipinski definition) is 1. The minimum Gasteiger partial charge on any atom is -0.210 e. The zero-order valence-corrected chi connectivity index (χ0v) is 12.5. The van der Waals surface area contributed by atoms with Gasteiger partial charge in [0, 0.05) is 15.4 Å². The summed E-state index contributed by atoms with van der Waals surface area (Å²) < 4.78 is 27.8. The van der Waals surface area contributed by atoms with Gasteiger partial charge in [0.15, 0.2) is 0 Å². The summed E-state index contributed by atoms with van der Waals surface area (Å²) in [5.41, 5.74) is 0. The van der Waals surface area contributed by atoms with Crippen LogP contribution in [-0.4, -0.2) is 19.4 Å². The van der Waals surface area contributed by atoms with Gasteiger partial charge in [0.2, 0.25) is 0 Å². The molecule has 1 N–H and O–H groups in total. The first kappa shape index (κ1) is 12.9. The summed E-state index contributed by atoms with van der Waals surface area (Å²) in [6.07, 6.45) is 0.850. The quantitative estimate of drug-likeness (QED) is 0.461. The maximum atomic E-state index is 11.7. The zero-order valence-electron chi connectivity index (χ0n) is 7.16. The second-order valence-corrected chi connectivity index (χ2v) is 7.31. The Bertz CT molecular complexity index is 390. The molecule has 1 heterocycles. The van der Waals surface area contributed by atoms with Crippen LogP contribution in [0.5, 0.6) is 0 Å². The van der Waals surface area contributed by atoms with Crippen LogP contribution in [0.2, 0.25) is 0 Å². The van der Waals surface area contributed by atoms with Gasteiger partial charge >= 0.3 is 0 Å². The van der Waals surface area contributed by atoms with Crippen LogP contribution < -0.4 is 4.72 Å². The van der Waals surface area contributed by atoms with Crippen LogP contribution >= 0.6 is 49.9 Å². The van der Waals surface area contributed by atoms with Gasteiger partial charge in [0.1, 0.15) is 4.21 Å². The summed E-state index contributed by atoms with van der Waals surface area (Å²) >= 11 is 6.63. The molecule has 1 rings (SSSR count). The van der Waals surface area contributed by atoms with Crippen LogP contribution in [0.3, 0.4) is 0 Å². The van der Waals surface area contributed by atoms with Crippen LogP contribution in [0.15, 0.2) is 20.1 Å². The first-order valence-electron chi connectivity index (χ1n) is 3.86. The Kier molecular flexibility index (Phi) is 5.32. The van der Waals surface area contributed by atoms with Crippen LogP contribution in [0, 0.1) is 0 Å². The minimum absolute atomic E-state index is 0.353. The number of hydrogen-bond acceptors (Lipinski definition) is 3. The standard InChI is InChI=1S/C7H9BrINO2S2/c8-6-2-5-13-7(6)14(11,12)10-4-1-3-9/h2,5,10H,1,3-4H2. The first-order chi connectivity index (χ1) is 6.58. The second-order valence-electron chi connectivity index (χ2n) is 2.50. The molecule has 0 aliphatic heterocycles. The van der Waals surface area contributed by atoms with Gasteiger partial charge in [0.25, 0.3) is 10.0 Å². The Balaban J connectivity index is 2.72. The second kappa shape index (κ2) is 5.78. The molecular weight excluding hydrogens is 401 g/mol. The Morgan fingerprint density at radius 3 is 2.79 bits per heavy atom. The van der Waals surface area contributed by atoms with Gasteiger partial charge < -0.3 is 0 Å². The van der Waals surface area contributed by atoms with E-state index in [1.807, 2.05) is 0 Å². The van der Waals surface area contributed by atoms with E-state index in [4.69, 9.17) is 0 Å². The SMILES string of the molecule is O=S(=O)(NCCCI)c1sccc1Br. The molecule has 1 aromatic rings. The van der Waals surface area contributed by atoms with Crippen LogP contribution in [0.1, 0.15) is 6.42 Å². The van der Waals surface area contributed by atoms with Crippen molar-refractivity contribution in [2.75, 3.05) is 11.0 Å². The Labute approximate surface area is 110 Å². The van der Waals surface area contributed by atoms with Crippen molar-refractivity contribution >= 4 is 59.9 Å². The monoisotopic (exact) mass is 409 g/mol. The lowest BCUT2D eigenvalue weighted by molar-refractivity contribution is 0.583. The van der Waals surface area contributed by atoms with Crippen molar-refractivity contribution in [2.24, 2.45) is 0 Å². The molecule has 0 fully saturated rings. The molecule has 14 heavy (non-hydrogen) atoms. The lowest BCUT2D eigenvalue weighted by Crippen LogP contribution is -2.24. The van der Waals surface area contributed by atoms with Crippen LogP contribution in [0.4, 0.5) is 0 Å². The van der Waals surface area contributed by atoms with Crippen molar-refractivity contribution in [1.29, 1.82) is 0 Å². The normalized spacial score (nSPS) is 11.9. The highest BCUT2D eigenvalue weighted by Crippen LogP contribution is 2.27. The Morgan fingerprint density at radius 2 is 2.29 bits per heavy atom. The van der Waals surface area contributed by atoms with Gasteiger partial charge in [-0.25, -0.2) is 13.1 Å². The number of thiophene rings is 1. The molecule has 0 amide bonds. The highest BCUT2D eigenvalue weighted by Gasteiger charge is 2.17. The molecule has 80 valence electrons. The predicted molar refractivity (Wildman–Crippen MR) is 70.7 cm³/mol. The maximum absolute atomic E-state index is 11.7. The van der Waals surface area contributed by atoms with Gasteiger partial charge in [0.05, 0.1) is 0 Å². The first-order valence-corrected chi connectivity index (χ1v) is 8.54. The number of halogens is 2. The van der Waals surface area contributed by atoms with E-state index in [9.17, 15) is 8.42 Å². The van der Waals surface area contributed by atoms with Crippen molar-refractivity contribution in [2.45, 2.75) is 10.6 Å². The Hall–Kier alpha value is 0.820. The molecule has 0 saturated heterocycles. The van der Waals surface area contributed by atoms with Crippen LogP contribution in [-0.2, 0) is 10.0 Å². The molecule has 0 spiro atoms. The number of rotatable bonds is 5.